The summed E-state index contributed by atoms with van der Waals surface area (Å²) in [6, 6.07) is 0. The van der Waals surface area contributed by atoms with E-state index in [1.54, 1.807) is 0 Å². The van der Waals surface area contributed by atoms with Crippen LogP contribution in [0.5, 0.6) is 0 Å². The van der Waals surface area contributed by atoms with Gasteiger partial charge in [-0.2, -0.15) is 0 Å². The molecule has 0 fully saturated rings. The molecule has 1 rings (SSSR count). The average molecular weight is 226 g/mol. The van der Waals surface area contributed by atoms with Crippen molar-refractivity contribution in [3.8, 4) is 0 Å². The van der Waals surface area contributed by atoms with Crippen molar-refractivity contribution in [3.05, 3.63) is 9.81 Å². The molecule has 2 unspecified atom stereocenters. The van der Waals surface area contributed by atoms with E-state index >= 15 is 0 Å². The lowest BCUT2D eigenvalue weighted by molar-refractivity contribution is -0.122. The Morgan fingerprint density at radius 2 is 1.73 bits per heavy atom. The first-order valence-corrected chi connectivity index (χ1v) is 4.64. The summed E-state index contributed by atoms with van der Waals surface area (Å²) < 4.78 is 4.98. The molecule has 0 aromatic heterocycles. The third-order valence-corrected chi connectivity index (χ3v) is 3.23. The average Bonchev–Trinajstić information content (AvgIpc) is 1.97. The number of hydrogen-bond acceptors (Lipinski definition) is 6. The lowest BCUT2D eigenvalue weighted by Gasteiger charge is -2.23. The lowest BCUT2D eigenvalue weighted by Crippen LogP contribution is -2.29. The van der Waals surface area contributed by atoms with Gasteiger partial charge < -0.3 is 4.74 Å². The molecule has 1 aliphatic rings. The van der Waals surface area contributed by atoms with Crippen molar-refractivity contribution in [1.29, 1.82) is 0 Å². The number of carbonyl (C=O) groups is 1. The van der Waals surface area contributed by atoms with Crippen molar-refractivity contribution in [2.75, 3.05) is 0 Å². The van der Waals surface area contributed by atoms with Gasteiger partial charge in [-0.1, -0.05) is 0 Å². The van der Waals surface area contributed by atoms with Gasteiger partial charge in [0.25, 0.3) is 0 Å². The molecule has 0 spiro atoms. The number of Topliss-reactive ketones (excluding diaryl/α,β-unsaturated/α-hetero) is 1. The fourth-order valence-corrected chi connectivity index (χ4v) is 1.82. The fraction of sp³-hybridized carbons (Fsp3) is 0.400. The minimum absolute atomic E-state index is 0.271. The van der Waals surface area contributed by atoms with Crippen LogP contribution in [0.25, 0.3) is 0 Å². The number of ketones is 1. The van der Waals surface area contributed by atoms with Crippen LogP contribution in [0.4, 0.5) is 0 Å². The molecule has 0 aromatic rings. The smallest absolute Gasteiger partial charge is 0.208 e. The zero-order chi connectivity index (χ0) is 8.59. The molecule has 0 radical (unpaired) electrons. The number of carbonyl (C=O) groups excluding carboxylic acids is 1. The maximum absolute atomic E-state index is 11.1. The van der Waals surface area contributed by atoms with Crippen LogP contribution >= 0.6 is 50.5 Å². The van der Waals surface area contributed by atoms with Crippen molar-refractivity contribution in [1.82, 2.24) is 0 Å². The Morgan fingerprint density at radius 3 is 2.27 bits per heavy atom. The Balaban J connectivity index is 2.98. The highest BCUT2D eigenvalue weighted by Crippen LogP contribution is 2.30. The van der Waals surface area contributed by atoms with E-state index in [4.69, 9.17) is 4.74 Å². The van der Waals surface area contributed by atoms with Crippen LogP contribution in [0.2, 0.25) is 0 Å². The van der Waals surface area contributed by atoms with Gasteiger partial charge in [-0.25, -0.2) is 0 Å². The summed E-state index contributed by atoms with van der Waals surface area (Å²) >= 11 is 15.8. The number of hydrogen-bond donors (Lipinski definition) is 4. The molecule has 11 heavy (non-hydrogen) atoms. The summed E-state index contributed by atoms with van der Waals surface area (Å²) in [5.74, 6) is -0.271. The third kappa shape index (κ3) is 1.92. The van der Waals surface area contributed by atoms with Gasteiger partial charge in [0.05, 0.1) is 4.91 Å². The van der Waals surface area contributed by atoms with Crippen LogP contribution in [0.1, 0.15) is 0 Å². The number of rotatable bonds is 0. The third-order valence-electron chi connectivity index (χ3n) is 1.19. The topological polar surface area (TPSA) is 26.3 Å². The Bertz CT molecular complexity index is 225. The molecule has 0 saturated heterocycles. The van der Waals surface area contributed by atoms with E-state index in [1.807, 2.05) is 0 Å². The van der Waals surface area contributed by atoms with Crippen molar-refractivity contribution in [2.24, 2.45) is 0 Å². The lowest BCUT2D eigenvalue weighted by atomic mass is 10.3. The molecule has 1 aliphatic heterocycles. The Morgan fingerprint density at radius 1 is 1.18 bits per heavy atom. The first-order valence-electron chi connectivity index (χ1n) is 2.72. The molecule has 0 bridgehead atoms. The van der Waals surface area contributed by atoms with E-state index < -0.39 is 10.9 Å². The zero-order valence-corrected chi connectivity index (χ0v) is 8.84. The number of thiol groups is 4. The molecule has 0 aliphatic carbocycles. The standard InChI is InChI=1S/C5H6O2S4/c6-1-2(8)3(9)5(11)7-4(1)10/h4-5,8-11H. The second-order valence-electron chi connectivity index (χ2n) is 1.94. The molecule has 2 nitrogen and oxygen atoms in total. The van der Waals surface area contributed by atoms with E-state index in [2.05, 4.69) is 50.5 Å². The summed E-state index contributed by atoms with van der Waals surface area (Å²) in [5, 5.41) is 0. The summed E-state index contributed by atoms with van der Waals surface area (Å²) in [6.07, 6.45) is 0. The minimum Gasteiger partial charge on any atom is -0.341 e. The highest BCUT2D eigenvalue weighted by Gasteiger charge is 2.29. The van der Waals surface area contributed by atoms with Crippen LogP contribution < -0.4 is 0 Å². The maximum atomic E-state index is 11.1. The Labute approximate surface area is 86.4 Å². The second-order valence-corrected chi connectivity index (χ2v) is 3.81. The summed E-state index contributed by atoms with van der Waals surface area (Å²) in [7, 11) is 0. The Hall–Kier alpha value is 0.770. The minimum atomic E-state index is -0.763. The first kappa shape index (κ1) is 9.85. The van der Waals surface area contributed by atoms with Crippen molar-refractivity contribution < 1.29 is 9.53 Å². The normalized spacial score (nSPS) is 32.9. The second kappa shape index (κ2) is 3.66. The monoisotopic (exact) mass is 226 g/mol. The van der Waals surface area contributed by atoms with Crippen molar-refractivity contribution >= 4 is 56.3 Å². The highest BCUT2D eigenvalue weighted by atomic mass is 32.1. The highest BCUT2D eigenvalue weighted by molar-refractivity contribution is 7.91. The van der Waals surface area contributed by atoms with E-state index in [0.717, 1.165) is 0 Å². The first-order chi connectivity index (χ1) is 5.04. The van der Waals surface area contributed by atoms with Crippen molar-refractivity contribution in [2.45, 2.75) is 10.9 Å². The number of ether oxygens (including phenoxy) is 1. The van der Waals surface area contributed by atoms with E-state index in [1.165, 1.54) is 0 Å². The quantitative estimate of drug-likeness (QED) is 0.467. The molecule has 2 atom stereocenters. The summed E-state index contributed by atoms with van der Waals surface area (Å²) in [4.78, 5) is 11.8. The summed E-state index contributed by atoms with van der Waals surface area (Å²) in [6.45, 7) is 0. The van der Waals surface area contributed by atoms with Gasteiger partial charge in [-0.15, -0.1) is 50.5 Å². The van der Waals surface area contributed by atoms with Crippen molar-refractivity contribution in [3.63, 3.8) is 0 Å². The summed E-state index contributed by atoms with van der Waals surface area (Å²) in [5.41, 5.74) is -1.26. The largest absolute Gasteiger partial charge is 0.341 e. The van der Waals surface area contributed by atoms with Gasteiger partial charge in [0.15, 0.2) is 5.44 Å². The van der Waals surface area contributed by atoms with Crippen LogP contribution in [0.3, 0.4) is 0 Å². The van der Waals surface area contributed by atoms with Gasteiger partial charge in [0.2, 0.25) is 5.78 Å². The van der Waals surface area contributed by atoms with Gasteiger partial charge in [-0.05, 0) is 0 Å². The molecule has 0 amide bonds. The Kier molecular flexibility index (Phi) is 3.27. The van der Waals surface area contributed by atoms with Crippen LogP contribution in [-0.4, -0.2) is 16.7 Å². The molecule has 62 valence electrons. The van der Waals surface area contributed by atoms with Gasteiger partial charge in [0.1, 0.15) is 5.44 Å². The molecule has 0 saturated carbocycles. The molecule has 0 N–H and O–H groups in total. The molecule has 1 heterocycles. The molecule has 0 aromatic carbocycles. The predicted molar refractivity (Wildman–Crippen MR) is 56.6 cm³/mol. The molecular weight excluding hydrogens is 220 g/mol. The van der Waals surface area contributed by atoms with Gasteiger partial charge in [-0.3, -0.25) is 4.79 Å². The van der Waals surface area contributed by atoms with Gasteiger partial charge >= 0.3 is 0 Å². The SMILES string of the molecule is O=C1C(S)=C(S)C(S)OC1S. The van der Waals surface area contributed by atoms with Crippen LogP contribution in [0, 0.1) is 0 Å². The van der Waals surface area contributed by atoms with Crippen LogP contribution in [-0.2, 0) is 9.53 Å². The van der Waals surface area contributed by atoms with Gasteiger partial charge in [0, 0.05) is 4.91 Å². The molecule has 6 heteroatoms. The predicted octanol–water partition coefficient (Wildman–Crippen LogP) is 1.17. The molecular formula is C5H6O2S4. The zero-order valence-electron chi connectivity index (χ0n) is 5.26. The van der Waals surface area contributed by atoms with E-state index in [-0.39, 0.29) is 10.7 Å². The maximum Gasteiger partial charge on any atom is 0.208 e. The fourth-order valence-electron chi connectivity index (χ4n) is 0.608. The van der Waals surface area contributed by atoms with Crippen LogP contribution in [0.15, 0.2) is 9.81 Å². The van der Waals surface area contributed by atoms with E-state index in [0.29, 0.717) is 4.91 Å². The van der Waals surface area contributed by atoms with E-state index in [9.17, 15) is 4.79 Å².